The van der Waals surface area contributed by atoms with E-state index in [0.29, 0.717) is 46.3 Å². The minimum Gasteiger partial charge on any atom is -0.464 e. The number of nitrogens with zero attached hydrogens (tertiary/aromatic N) is 2. The van der Waals surface area contributed by atoms with Crippen molar-refractivity contribution in [1.82, 2.24) is 14.9 Å². The topological polar surface area (TPSA) is 120 Å². The zero-order valence-electron chi connectivity index (χ0n) is 18.2. The van der Waals surface area contributed by atoms with E-state index < -0.39 is 0 Å². The molecule has 3 heterocycles. The fourth-order valence-corrected chi connectivity index (χ4v) is 4.36. The number of fused-ring (bicyclic) bond motifs is 1. The van der Waals surface area contributed by atoms with Gasteiger partial charge in [-0.05, 0) is 42.9 Å². The fourth-order valence-electron chi connectivity index (χ4n) is 3.42. The summed E-state index contributed by atoms with van der Waals surface area (Å²) in [5.74, 6) is 0.770. The van der Waals surface area contributed by atoms with Gasteiger partial charge in [-0.25, -0.2) is 4.98 Å². The SMILES string of the molecule is CCN(CC(=O)Nc1ccc(NC(C)=O)cc1)Cc1nc2scc(-c3ccco3)c2c(=O)[nH]1. The average Bonchev–Trinajstić information content (AvgIpc) is 3.44. The number of aromatic nitrogens is 2. The van der Waals surface area contributed by atoms with E-state index in [1.54, 1.807) is 42.7 Å². The molecule has 4 aromatic rings. The van der Waals surface area contributed by atoms with Crippen molar-refractivity contribution in [3.8, 4) is 11.3 Å². The first-order valence-electron chi connectivity index (χ1n) is 10.4. The molecular weight excluding hydrogens is 442 g/mol. The summed E-state index contributed by atoms with van der Waals surface area (Å²) in [5, 5.41) is 7.88. The van der Waals surface area contributed by atoms with Crippen LogP contribution in [0.5, 0.6) is 0 Å². The summed E-state index contributed by atoms with van der Waals surface area (Å²) < 4.78 is 5.42. The number of amides is 2. The normalized spacial score (nSPS) is 11.1. The zero-order chi connectivity index (χ0) is 23.4. The van der Waals surface area contributed by atoms with Gasteiger partial charge in [0.2, 0.25) is 11.8 Å². The molecule has 0 atom stereocenters. The van der Waals surface area contributed by atoms with Crippen LogP contribution in [0, 0.1) is 0 Å². The van der Waals surface area contributed by atoms with Crippen LogP contribution in [0.15, 0.2) is 57.3 Å². The Hall–Kier alpha value is -3.76. The molecule has 0 aliphatic rings. The number of furan rings is 1. The van der Waals surface area contributed by atoms with Gasteiger partial charge in [-0.3, -0.25) is 19.3 Å². The van der Waals surface area contributed by atoms with Gasteiger partial charge in [0.05, 0.1) is 24.7 Å². The van der Waals surface area contributed by atoms with Gasteiger partial charge in [-0.15, -0.1) is 11.3 Å². The largest absolute Gasteiger partial charge is 0.464 e. The standard InChI is InChI=1S/C23H23N5O4S/c1-3-28(12-20(30)25-16-8-6-15(7-9-16)24-14(2)29)11-19-26-22(31)21-17(13-33-23(21)27-19)18-5-4-10-32-18/h4-10,13H,3,11-12H2,1-2H3,(H,24,29)(H,25,30)(H,26,27,31). The maximum atomic E-state index is 12.7. The maximum absolute atomic E-state index is 12.7. The van der Waals surface area contributed by atoms with Crippen LogP contribution < -0.4 is 16.2 Å². The molecule has 0 fully saturated rings. The van der Waals surface area contributed by atoms with E-state index in [4.69, 9.17) is 4.42 Å². The number of aromatic amines is 1. The van der Waals surface area contributed by atoms with Crippen LogP contribution in [0.1, 0.15) is 19.7 Å². The molecule has 2 amide bonds. The molecule has 4 rings (SSSR count). The van der Waals surface area contributed by atoms with Crippen molar-refractivity contribution < 1.29 is 14.0 Å². The molecule has 10 heteroatoms. The average molecular weight is 466 g/mol. The van der Waals surface area contributed by atoms with Crippen LogP contribution in [0.2, 0.25) is 0 Å². The lowest BCUT2D eigenvalue weighted by Crippen LogP contribution is -2.33. The molecule has 0 spiro atoms. The molecule has 0 saturated heterocycles. The number of benzene rings is 1. The summed E-state index contributed by atoms with van der Waals surface area (Å²) in [7, 11) is 0. The Balaban J connectivity index is 1.42. The van der Waals surface area contributed by atoms with Crippen LogP contribution >= 0.6 is 11.3 Å². The Labute approximate surface area is 193 Å². The van der Waals surface area contributed by atoms with Crippen molar-refractivity contribution >= 4 is 44.7 Å². The fraction of sp³-hybridized carbons (Fsp3) is 0.217. The molecule has 170 valence electrons. The number of hydrogen-bond acceptors (Lipinski definition) is 7. The number of carbonyl (C=O) groups excluding carboxylic acids is 2. The number of rotatable bonds is 8. The minimum atomic E-state index is -0.234. The lowest BCUT2D eigenvalue weighted by molar-refractivity contribution is -0.117. The first-order chi connectivity index (χ1) is 15.9. The van der Waals surface area contributed by atoms with Crippen LogP contribution in [0.25, 0.3) is 21.5 Å². The van der Waals surface area contributed by atoms with Gasteiger partial charge in [0.25, 0.3) is 5.56 Å². The maximum Gasteiger partial charge on any atom is 0.260 e. The highest BCUT2D eigenvalue weighted by atomic mass is 32.1. The van der Waals surface area contributed by atoms with Crippen molar-refractivity contribution in [2.24, 2.45) is 0 Å². The molecule has 0 aliphatic carbocycles. The predicted molar refractivity (Wildman–Crippen MR) is 128 cm³/mol. The highest BCUT2D eigenvalue weighted by Gasteiger charge is 2.17. The van der Waals surface area contributed by atoms with Gasteiger partial charge in [0.15, 0.2) is 0 Å². The summed E-state index contributed by atoms with van der Waals surface area (Å²) in [5.41, 5.74) is 1.77. The van der Waals surface area contributed by atoms with E-state index in [0.717, 1.165) is 5.56 Å². The molecule has 3 aromatic heterocycles. The van der Waals surface area contributed by atoms with Gasteiger partial charge in [0.1, 0.15) is 16.4 Å². The lowest BCUT2D eigenvalue weighted by Gasteiger charge is -2.19. The number of hydrogen-bond donors (Lipinski definition) is 3. The molecule has 0 bridgehead atoms. The van der Waals surface area contributed by atoms with Gasteiger partial charge in [0, 0.05) is 29.2 Å². The van der Waals surface area contributed by atoms with E-state index in [1.165, 1.54) is 18.3 Å². The van der Waals surface area contributed by atoms with Crippen LogP contribution in [-0.2, 0) is 16.1 Å². The van der Waals surface area contributed by atoms with E-state index in [1.807, 2.05) is 17.2 Å². The summed E-state index contributed by atoms with van der Waals surface area (Å²) in [6, 6.07) is 10.5. The van der Waals surface area contributed by atoms with Crippen LogP contribution in [-0.4, -0.2) is 39.8 Å². The second-order valence-electron chi connectivity index (χ2n) is 7.43. The number of likely N-dealkylation sites (N-methyl/N-ethyl adjacent to an activating group) is 1. The highest BCUT2D eigenvalue weighted by Crippen LogP contribution is 2.30. The molecule has 1 aromatic carbocycles. The number of nitrogens with one attached hydrogen (secondary N) is 3. The Morgan fingerprint density at radius 2 is 1.88 bits per heavy atom. The minimum absolute atomic E-state index is 0.133. The van der Waals surface area contributed by atoms with Gasteiger partial charge in [-0.1, -0.05) is 6.92 Å². The quantitative estimate of drug-likeness (QED) is 0.365. The van der Waals surface area contributed by atoms with Crippen molar-refractivity contribution in [2.75, 3.05) is 23.7 Å². The van der Waals surface area contributed by atoms with Gasteiger partial charge < -0.3 is 20.0 Å². The molecule has 33 heavy (non-hydrogen) atoms. The number of thiophene rings is 1. The lowest BCUT2D eigenvalue weighted by atomic mass is 10.2. The molecule has 9 nitrogen and oxygen atoms in total. The van der Waals surface area contributed by atoms with Crippen molar-refractivity contribution in [3.05, 3.63) is 64.2 Å². The molecular formula is C23H23N5O4S. The molecule has 3 N–H and O–H groups in total. The van der Waals surface area contributed by atoms with Gasteiger partial charge in [-0.2, -0.15) is 0 Å². The monoisotopic (exact) mass is 465 g/mol. The predicted octanol–water partition coefficient (Wildman–Crippen LogP) is 3.66. The Bertz CT molecular complexity index is 1330. The van der Waals surface area contributed by atoms with E-state index in [2.05, 4.69) is 20.6 Å². The second kappa shape index (κ2) is 9.80. The Kier molecular flexibility index (Phi) is 6.66. The van der Waals surface area contributed by atoms with Crippen molar-refractivity contribution in [3.63, 3.8) is 0 Å². The summed E-state index contributed by atoms with van der Waals surface area (Å²) in [4.78, 5) is 46.3. The third kappa shape index (κ3) is 5.36. The number of H-pyrrole nitrogens is 1. The highest BCUT2D eigenvalue weighted by molar-refractivity contribution is 7.17. The second-order valence-corrected chi connectivity index (χ2v) is 8.29. The van der Waals surface area contributed by atoms with E-state index in [9.17, 15) is 14.4 Å². The third-order valence-corrected chi connectivity index (χ3v) is 5.83. The summed E-state index contributed by atoms with van der Waals surface area (Å²) in [6.07, 6.45) is 1.57. The van der Waals surface area contributed by atoms with Gasteiger partial charge >= 0.3 is 0 Å². The van der Waals surface area contributed by atoms with Crippen molar-refractivity contribution in [2.45, 2.75) is 20.4 Å². The Morgan fingerprint density at radius 1 is 1.15 bits per heavy atom. The van der Waals surface area contributed by atoms with Crippen LogP contribution in [0.3, 0.4) is 0 Å². The Morgan fingerprint density at radius 3 is 2.52 bits per heavy atom. The van der Waals surface area contributed by atoms with Crippen LogP contribution in [0.4, 0.5) is 11.4 Å². The van der Waals surface area contributed by atoms with Crippen molar-refractivity contribution in [1.29, 1.82) is 0 Å². The molecule has 0 aliphatic heterocycles. The molecule has 0 radical (unpaired) electrons. The first-order valence-corrected chi connectivity index (χ1v) is 11.2. The summed E-state index contributed by atoms with van der Waals surface area (Å²) >= 11 is 1.38. The first kappa shape index (κ1) is 22.4. The van der Waals surface area contributed by atoms with E-state index >= 15 is 0 Å². The summed E-state index contributed by atoms with van der Waals surface area (Å²) in [6.45, 7) is 4.43. The molecule has 0 unspecified atom stereocenters. The van der Waals surface area contributed by atoms with E-state index in [-0.39, 0.29) is 23.9 Å². The molecule has 0 saturated carbocycles. The smallest absolute Gasteiger partial charge is 0.260 e. The number of anilines is 2. The zero-order valence-corrected chi connectivity index (χ0v) is 19.0. The third-order valence-electron chi connectivity index (χ3n) is 4.96. The number of carbonyl (C=O) groups is 2.